The van der Waals surface area contributed by atoms with Crippen molar-refractivity contribution in [1.82, 2.24) is 14.9 Å². The summed E-state index contributed by atoms with van der Waals surface area (Å²) in [6.07, 6.45) is 5.22. The highest BCUT2D eigenvalue weighted by Crippen LogP contribution is 2.28. The van der Waals surface area contributed by atoms with E-state index in [1.54, 1.807) is 18.3 Å². The summed E-state index contributed by atoms with van der Waals surface area (Å²) in [5.74, 6) is 1.01. The molecule has 4 rings (SSSR count). The molecule has 0 amide bonds. The van der Waals surface area contributed by atoms with E-state index in [1.807, 2.05) is 30.3 Å². The van der Waals surface area contributed by atoms with Gasteiger partial charge in [-0.25, -0.2) is 9.97 Å². The largest absolute Gasteiger partial charge is 0.390 e. The highest BCUT2D eigenvalue weighted by atomic mass is 32.2. The number of para-hydroxylation sites is 1. The smallest absolute Gasteiger partial charge is 0.150 e. The lowest BCUT2D eigenvalue weighted by molar-refractivity contribution is -0.0311. The Morgan fingerprint density at radius 1 is 1.21 bits per heavy atom. The zero-order chi connectivity index (χ0) is 23.8. The van der Waals surface area contributed by atoms with Crippen molar-refractivity contribution in [3.8, 4) is 0 Å². The topological polar surface area (TPSA) is 104 Å². The molecule has 1 fully saturated rings. The Bertz CT molecular complexity index is 1050. The molecule has 2 aromatic carbocycles. The van der Waals surface area contributed by atoms with Gasteiger partial charge >= 0.3 is 0 Å². The second kappa shape index (κ2) is 11.4. The summed E-state index contributed by atoms with van der Waals surface area (Å²) in [6.45, 7) is 6.44. The summed E-state index contributed by atoms with van der Waals surface area (Å²) >= 11 is 1.44. The van der Waals surface area contributed by atoms with E-state index >= 15 is 0 Å². The van der Waals surface area contributed by atoms with E-state index in [4.69, 9.17) is 5.73 Å². The van der Waals surface area contributed by atoms with Crippen LogP contribution in [-0.2, 0) is 0 Å². The van der Waals surface area contributed by atoms with Gasteiger partial charge in [-0.15, -0.1) is 0 Å². The van der Waals surface area contributed by atoms with Gasteiger partial charge < -0.3 is 20.5 Å². The fraction of sp³-hybridized carbons (Fsp3) is 0.400. The molecule has 2 heterocycles. The number of fused-ring (bicyclic) bond motifs is 1. The molecule has 7 nitrogen and oxygen atoms in total. The van der Waals surface area contributed by atoms with Crippen LogP contribution in [0.4, 0.5) is 11.5 Å². The number of aromatic nitrogens is 2. The number of nitrogens with two attached hydrogens (primary N) is 1. The van der Waals surface area contributed by atoms with Gasteiger partial charge in [-0.2, -0.15) is 0 Å². The number of hydrogen-bond acceptors (Lipinski definition) is 8. The lowest BCUT2D eigenvalue weighted by atomic mass is 9.84. The number of carbonyl (C=O) groups is 1. The molecule has 0 radical (unpaired) electrons. The van der Waals surface area contributed by atoms with E-state index in [2.05, 4.69) is 40.5 Å². The summed E-state index contributed by atoms with van der Waals surface area (Å²) in [4.78, 5) is 22.4. The number of anilines is 2. The predicted molar refractivity (Wildman–Crippen MR) is 136 cm³/mol. The van der Waals surface area contributed by atoms with Gasteiger partial charge in [0.1, 0.15) is 17.6 Å². The average Bonchev–Trinajstić information content (AvgIpc) is 2.80. The Morgan fingerprint density at radius 3 is 2.55 bits per heavy atom. The number of carbonyl (C=O) groups excluding carboxylic acids is 1. The number of nitrogens with one attached hydrogen (secondary N) is 1. The minimum atomic E-state index is -0.360. The lowest BCUT2D eigenvalue weighted by Gasteiger charge is -2.37. The predicted octanol–water partition coefficient (Wildman–Crippen LogP) is 4.63. The van der Waals surface area contributed by atoms with Gasteiger partial charge in [-0.3, -0.25) is 4.79 Å². The van der Waals surface area contributed by atoms with Gasteiger partial charge in [0.05, 0.1) is 22.2 Å². The third kappa shape index (κ3) is 7.42. The van der Waals surface area contributed by atoms with Crippen molar-refractivity contribution in [2.24, 2.45) is 5.92 Å². The van der Waals surface area contributed by atoms with Gasteiger partial charge in [0.25, 0.3) is 0 Å². The number of nitrogens with zero attached hydrogens (tertiary/aromatic N) is 3. The van der Waals surface area contributed by atoms with Crippen LogP contribution in [0.2, 0.25) is 0 Å². The molecule has 1 aliphatic heterocycles. The molecule has 0 unspecified atom stereocenters. The van der Waals surface area contributed by atoms with E-state index in [0.29, 0.717) is 17.3 Å². The van der Waals surface area contributed by atoms with Crippen molar-refractivity contribution < 1.29 is 9.90 Å². The molecule has 3 aromatic rings. The quantitative estimate of drug-likeness (QED) is 0.356. The number of nitrogen functional groups attached to an aromatic ring is 1. The van der Waals surface area contributed by atoms with E-state index < -0.39 is 0 Å². The molecule has 8 heteroatoms. The van der Waals surface area contributed by atoms with Gasteiger partial charge in [-0.05, 0) is 80.6 Å². The number of rotatable bonds is 6. The first kappa shape index (κ1) is 25.0. The zero-order valence-electron chi connectivity index (χ0n) is 19.5. The van der Waals surface area contributed by atoms with E-state index in [9.17, 15) is 9.90 Å². The molecule has 1 aliphatic rings. The summed E-state index contributed by atoms with van der Waals surface area (Å²) in [5.41, 5.74) is 8.40. The van der Waals surface area contributed by atoms with Crippen LogP contribution in [0.15, 0.2) is 53.6 Å². The van der Waals surface area contributed by atoms with Crippen molar-refractivity contribution in [3.63, 3.8) is 0 Å². The molecule has 0 spiro atoms. The molecule has 0 bridgehead atoms. The SMILES string of the molecule is CC(C)CC1(O)CCN(C)CC1.Nc1cnc2c(SNc3ccc(C=O)cc3)cccc2n1. The van der Waals surface area contributed by atoms with Crippen LogP contribution >= 0.6 is 11.9 Å². The Kier molecular flexibility index (Phi) is 8.66. The fourth-order valence-corrected chi connectivity index (χ4v) is 4.62. The first-order valence-electron chi connectivity index (χ1n) is 11.2. The number of hydrogen-bond donors (Lipinski definition) is 3. The zero-order valence-corrected chi connectivity index (χ0v) is 20.3. The third-order valence-electron chi connectivity index (χ3n) is 5.58. The summed E-state index contributed by atoms with van der Waals surface area (Å²) in [6, 6.07) is 13.0. The van der Waals surface area contributed by atoms with Crippen LogP contribution in [-0.4, -0.2) is 52.0 Å². The second-order valence-electron chi connectivity index (χ2n) is 8.99. The minimum absolute atomic E-state index is 0.360. The third-order valence-corrected chi connectivity index (χ3v) is 6.47. The number of piperidine rings is 1. The molecule has 33 heavy (non-hydrogen) atoms. The molecule has 176 valence electrons. The van der Waals surface area contributed by atoms with Crippen molar-refractivity contribution >= 4 is 40.8 Å². The van der Waals surface area contributed by atoms with Crippen LogP contribution in [0.25, 0.3) is 11.0 Å². The summed E-state index contributed by atoms with van der Waals surface area (Å²) in [7, 11) is 2.12. The summed E-state index contributed by atoms with van der Waals surface area (Å²) in [5, 5.41) is 10.1. The standard InChI is InChI=1S/C15H12N4OS.C10H21NO/c16-14-8-17-15-12(18-14)2-1-3-13(15)21-19-11-6-4-10(9-20)5-7-11;1-9(2)8-10(12)4-6-11(3)7-5-10/h1-9,19H,(H2,16,18);9,12H,4-8H2,1-3H3. The normalized spacial score (nSPS) is 15.7. The molecular weight excluding hydrogens is 434 g/mol. The maximum absolute atomic E-state index is 10.6. The van der Waals surface area contributed by atoms with E-state index in [1.165, 1.54) is 11.9 Å². The Labute approximate surface area is 199 Å². The first-order valence-corrected chi connectivity index (χ1v) is 12.0. The van der Waals surface area contributed by atoms with Gasteiger partial charge in [0.15, 0.2) is 0 Å². The minimum Gasteiger partial charge on any atom is -0.390 e. The van der Waals surface area contributed by atoms with Crippen molar-refractivity contribution in [2.45, 2.75) is 43.6 Å². The Balaban J connectivity index is 0.000000218. The van der Waals surface area contributed by atoms with Gasteiger partial charge in [0, 0.05) is 24.3 Å². The molecule has 1 saturated heterocycles. The van der Waals surface area contributed by atoms with Crippen LogP contribution in [0.5, 0.6) is 0 Å². The molecule has 0 aliphatic carbocycles. The first-order chi connectivity index (χ1) is 15.8. The van der Waals surface area contributed by atoms with Crippen LogP contribution in [0.3, 0.4) is 0 Å². The lowest BCUT2D eigenvalue weighted by Crippen LogP contribution is -2.43. The highest BCUT2D eigenvalue weighted by Gasteiger charge is 2.31. The monoisotopic (exact) mass is 467 g/mol. The molecule has 4 N–H and O–H groups in total. The van der Waals surface area contributed by atoms with Crippen LogP contribution < -0.4 is 10.5 Å². The van der Waals surface area contributed by atoms with Crippen LogP contribution in [0, 0.1) is 5.92 Å². The van der Waals surface area contributed by atoms with Gasteiger partial charge in [0.2, 0.25) is 0 Å². The van der Waals surface area contributed by atoms with Crippen LogP contribution in [0.1, 0.15) is 43.5 Å². The molecular formula is C25H33N5O2S. The van der Waals surface area contributed by atoms with Crippen molar-refractivity contribution in [1.29, 1.82) is 0 Å². The van der Waals surface area contributed by atoms with Crippen molar-refractivity contribution in [3.05, 3.63) is 54.2 Å². The van der Waals surface area contributed by atoms with E-state index in [0.717, 1.165) is 60.3 Å². The number of aldehydes is 1. The Morgan fingerprint density at radius 2 is 1.91 bits per heavy atom. The summed E-state index contributed by atoms with van der Waals surface area (Å²) < 4.78 is 3.22. The number of likely N-dealkylation sites (tertiary alicyclic amines) is 1. The van der Waals surface area contributed by atoms with Gasteiger partial charge in [-0.1, -0.05) is 19.9 Å². The molecule has 0 saturated carbocycles. The molecule has 0 atom stereocenters. The molecule has 1 aromatic heterocycles. The number of benzene rings is 2. The van der Waals surface area contributed by atoms with E-state index in [-0.39, 0.29) is 5.60 Å². The van der Waals surface area contributed by atoms with Crippen molar-refractivity contribution in [2.75, 3.05) is 30.6 Å². The number of aliphatic hydroxyl groups is 1. The average molecular weight is 468 g/mol. The Hall–Kier alpha value is -2.68. The second-order valence-corrected chi connectivity index (χ2v) is 9.84. The fourth-order valence-electron chi connectivity index (χ4n) is 3.85. The maximum atomic E-state index is 10.6. The maximum Gasteiger partial charge on any atom is 0.150 e. The highest BCUT2D eigenvalue weighted by molar-refractivity contribution is 8.00.